The predicted octanol–water partition coefficient (Wildman–Crippen LogP) is 2.00. The van der Waals surface area contributed by atoms with Crippen LogP contribution in [0.2, 0.25) is 0 Å². The molecular weight excluding hydrogens is 322 g/mol. The summed E-state index contributed by atoms with van der Waals surface area (Å²) in [5.41, 5.74) is 1.06. The molecule has 1 aliphatic heterocycles. The average molecular weight is 344 g/mol. The van der Waals surface area contributed by atoms with Crippen LogP contribution in [0.5, 0.6) is 0 Å². The van der Waals surface area contributed by atoms with Crippen LogP contribution in [0.4, 0.5) is 5.69 Å². The molecule has 1 aromatic carbocycles. The van der Waals surface area contributed by atoms with Crippen LogP contribution < -0.4 is 0 Å². The highest BCUT2D eigenvalue weighted by Crippen LogP contribution is 2.19. The maximum atomic E-state index is 10.8. The molecular formula is C15H22ClN3O4. The van der Waals surface area contributed by atoms with Gasteiger partial charge < -0.3 is 5.11 Å². The zero-order valence-electron chi connectivity index (χ0n) is 13.1. The zero-order valence-corrected chi connectivity index (χ0v) is 13.9. The van der Waals surface area contributed by atoms with Crippen molar-refractivity contribution in [3.8, 4) is 0 Å². The summed E-state index contributed by atoms with van der Waals surface area (Å²) in [5.74, 6) is -0.804. The van der Waals surface area contributed by atoms with Crippen molar-refractivity contribution >= 4 is 24.1 Å². The first kappa shape index (κ1) is 19.3. The van der Waals surface area contributed by atoms with E-state index < -0.39 is 5.97 Å². The third-order valence-electron chi connectivity index (χ3n) is 4.09. The van der Waals surface area contributed by atoms with E-state index in [4.69, 9.17) is 5.11 Å². The second kappa shape index (κ2) is 8.81. The highest BCUT2D eigenvalue weighted by atomic mass is 35.5. The van der Waals surface area contributed by atoms with Crippen LogP contribution in [0.15, 0.2) is 24.3 Å². The summed E-state index contributed by atoms with van der Waals surface area (Å²) < 4.78 is 0. The van der Waals surface area contributed by atoms with E-state index in [-0.39, 0.29) is 35.6 Å². The molecule has 0 aliphatic carbocycles. The Morgan fingerprint density at radius 1 is 1.43 bits per heavy atom. The summed E-state index contributed by atoms with van der Waals surface area (Å²) in [5, 5.41) is 19.6. The average Bonchev–Trinajstić information content (AvgIpc) is 2.47. The van der Waals surface area contributed by atoms with E-state index in [2.05, 4.69) is 4.90 Å². The van der Waals surface area contributed by atoms with Crippen molar-refractivity contribution in [3.05, 3.63) is 39.9 Å². The van der Waals surface area contributed by atoms with Gasteiger partial charge in [-0.2, -0.15) is 0 Å². The summed E-state index contributed by atoms with van der Waals surface area (Å²) in [4.78, 5) is 25.3. The van der Waals surface area contributed by atoms with Gasteiger partial charge in [0.15, 0.2) is 0 Å². The quantitative estimate of drug-likeness (QED) is 0.628. The van der Waals surface area contributed by atoms with Gasteiger partial charge in [0.2, 0.25) is 0 Å². The van der Waals surface area contributed by atoms with Gasteiger partial charge in [0.25, 0.3) is 5.69 Å². The van der Waals surface area contributed by atoms with Crippen molar-refractivity contribution in [1.29, 1.82) is 0 Å². The molecule has 0 amide bonds. The minimum absolute atomic E-state index is 0. The fraction of sp³-hybridized carbons (Fsp3) is 0.533. The minimum atomic E-state index is -0.804. The molecule has 7 nitrogen and oxygen atoms in total. The van der Waals surface area contributed by atoms with E-state index in [1.165, 1.54) is 6.07 Å². The van der Waals surface area contributed by atoms with E-state index in [0.717, 1.165) is 31.5 Å². The summed E-state index contributed by atoms with van der Waals surface area (Å²) in [6.07, 6.45) is 1.83. The molecule has 1 N–H and O–H groups in total. The Labute approximate surface area is 141 Å². The number of carboxylic acid groups (broad SMARTS) is 1. The lowest BCUT2D eigenvalue weighted by Crippen LogP contribution is -2.44. The molecule has 1 aliphatic rings. The van der Waals surface area contributed by atoms with Gasteiger partial charge in [0.1, 0.15) is 0 Å². The molecule has 0 spiro atoms. The summed E-state index contributed by atoms with van der Waals surface area (Å²) in [6.45, 7) is 2.50. The molecule has 0 radical (unpaired) electrons. The first-order valence-electron chi connectivity index (χ1n) is 7.33. The molecule has 128 valence electrons. The largest absolute Gasteiger partial charge is 0.480 e. The predicted molar refractivity (Wildman–Crippen MR) is 88.9 cm³/mol. The van der Waals surface area contributed by atoms with Crippen LogP contribution in [0.25, 0.3) is 0 Å². The molecule has 2 rings (SSSR count). The third kappa shape index (κ3) is 5.78. The Morgan fingerprint density at radius 2 is 2.09 bits per heavy atom. The van der Waals surface area contributed by atoms with Crippen LogP contribution in [0.1, 0.15) is 18.4 Å². The van der Waals surface area contributed by atoms with E-state index in [0.29, 0.717) is 6.54 Å². The second-order valence-corrected chi connectivity index (χ2v) is 5.74. The molecule has 0 bridgehead atoms. The van der Waals surface area contributed by atoms with E-state index in [1.54, 1.807) is 12.1 Å². The number of rotatable bonds is 6. The number of likely N-dealkylation sites (N-methyl/N-ethyl adjacent to an activating group) is 1. The van der Waals surface area contributed by atoms with Crippen molar-refractivity contribution in [2.24, 2.45) is 0 Å². The van der Waals surface area contributed by atoms with E-state index in [1.807, 2.05) is 18.0 Å². The molecule has 8 heteroatoms. The van der Waals surface area contributed by atoms with Gasteiger partial charge in [-0.1, -0.05) is 12.1 Å². The smallest absolute Gasteiger partial charge is 0.317 e. The van der Waals surface area contributed by atoms with Gasteiger partial charge in [0, 0.05) is 24.7 Å². The standard InChI is InChI=1S/C15H21N3O4.ClH/c1-16(11-15(19)20)13-5-7-17(8-6-13)10-12-3-2-4-14(9-12)18(21)22;/h2-4,9,13H,5-8,10-11H2,1H3,(H,19,20);1H. The van der Waals surface area contributed by atoms with Crippen LogP contribution in [-0.4, -0.2) is 58.5 Å². The van der Waals surface area contributed by atoms with Crippen molar-refractivity contribution < 1.29 is 14.8 Å². The number of nitro benzene ring substituents is 1. The molecule has 1 aromatic rings. The number of nitrogens with zero attached hydrogens (tertiary/aromatic N) is 3. The van der Waals surface area contributed by atoms with Crippen LogP contribution in [0, 0.1) is 10.1 Å². The topological polar surface area (TPSA) is 86.9 Å². The molecule has 1 heterocycles. The number of non-ortho nitro benzene ring substituents is 1. The lowest BCUT2D eigenvalue weighted by atomic mass is 10.0. The van der Waals surface area contributed by atoms with Gasteiger partial charge in [-0.25, -0.2) is 0 Å². The number of hydrogen-bond donors (Lipinski definition) is 1. The first-order valence-corrected chi connectivity index (χ1v) is 7.33. The molecule has 0 unspecified atom stereocenters. The summed E-state index contributed by atoms with van der Waals surface area (Å²) in [7, 11) is 1.84. The summed E-state index contributed by atoms with van der Waals surface area (Å²) in [6, 6.07) is 7.01. The van der Waals surface area contributed by atoms with Gasteiger partial charge >= 0.3 is 5.97 Å². The van der Waals surface area contributed by atoms with Crippen molar-refractivity contribution in [1.82, 2.24) is 9.80 Å². The van der Waals surface area contributed by atoms with E-state index in [9.17, 15) is 14.9 Å². The Balaban J connectivity index is 0.00000264. The number of piperidine rings is 1. The number of carbonyl (C=O) groups is 1. The molecule has 0 atom stereocenters. The fourth-order valence-electron chi connectivity index (χ4n) is 2.89. The first-order chi connectivity index (χ1) is 10.5. The SMILES string of the molecule is CN(CC(=O)O)C1CCN(Cc2cccc([N+](=O)[O-])c2)CC1.Cl. The minimum Gasteiger partial charge on any atom is -0.480 e. The second-order valence-electron chi connectivity index (χ2n) is 5.74. The monoisotopic (exact) mass is 343 g/mol. The Hall–Kier alpha value is -1.70. The Bertz CT molecular complexity index is 547. The third-order valence-corrected chi connectivity index (χ3v) is 4.09. The van der Waals surface area contributed by atoms with Crippen LogP contribution in [0.3, 0.4) is 0 Å². The van der Waals surface area contributed by atoms with Crippen molar-refractivity contribution in [3.63, 3.8) is 0 Å². The molecule has 23 heavy (non-hydrogen) atoms. The van der Waals surface area contributed by atoms with Crippen molar-refractivity contribution in [2.75, 3.05) is 26.7 Å². The van der Waals surface area contributed by atoms with Gasteiger partial charge in [0.05, 0.1) is 11.5 Å². The summed E-state index contributed by atoms with van der Waals surface area (Å²) >= 11 is 0. The normalized spacial score (nSPS) is 16.1. The van der Waals surface area contributed by atoms with E-state index >= 15 is 0 Å². The van der Waals surface area contributed by atoms with Crippen molar-refractivity contribution in [2.45, 2.75) is 25.4 Å². The lowest BCUT2D eigenvalue weighted by Gasteiger charge is -2.36. The zero-order chi connectivity index (χ0) is 16.1. The number of hydrogen-bond acceptors (Lipinski definition) is 5. The molecule has 0 aromatic heterocycles. The Kier molecular flexibility index (Phi) is 7.41. The van der Waals surface area contributed by atoms with Crippen LogP contribution in [-0.2, 0) is 11.3 Å². The molecule has 0 saturated carbocycles. The number of likely N-dealkylation sites (tertiary alicyclic amines) is 1. The number of carboxylic acids is 1. The van der Waals surface area contributed by atoms with Gasteiger partial charge in [-0.3, -0.25) is 24.7 Å². The lowest BCUT2D eigenvalue weighted by molar-refractivity contribution is -0.384. The number of nitro groups is 1. The maximum absolute atomic E-state index is 10.8. The number of aliphatic carboxylic acids is 1. The van der Waals surface area contributed by atoms with Gasteiger partial charge in [-0.05, 0) is 38.5 Å². The molecule has 1 saturated heterocycles. The highest BCUT2D eigenvalue weighted by molar-refractivity contribution is 5.85. The van der Waals surface area contributed by atoms with Gasteiger partial charge in [-0.15, -0.1) is 12.4 Å². The fourth-order valence-corrected chi connectivity index (χ4v) is 2.89. The number of benzene rings is 1. The number of halogens is 1. The molecule has 1 fully saturated rings. The van der Waals surface area contributed by atoms with Crippen LogP contribution >= 0.6 is 12.4 Å². The highest BCUT2D eigenvalue weighted by Gasteiger charge is 2.23. The maximum Gasteiger partial charge on any atom is 0.317 e. The Morgan fingerprint density at radius 3 is 2.65 bits per heavy atom.